The van der Waals surface area contributed by atoms with Gasteiger partial charge in [-0.3, -0.25) is 9.59 Å². The molecule has 0 saturated carbocycles. The minimum Gasteiger partial charge on any atom is -0.456 e. The first-order valence-corrected chi connectivity index (χ1v) is 10.7. The van der Waals surface area contributed by atoms with Crippen molar-refractivity contribution in [1.82, 2.24) is 4.31 Å². The van der Waals surface area contributed by atoms with E-state index in [9.17, 15) is 18.0 Å². The van der Waals surface area contributed by atoms with E-state index >= 15 is 0 Å². The highest BCUT2D eigenvalue weighted by atomic mass is 35.5. The fourth-order valence-electron chi connectivity index (χ4n) is 2.98. The van der Waals surface area contributed by atoms with E-state index in [2.05, 4.69) is 5.32 Å². The van der Waals surface area contributed by atoms with Crippen molar-refractivity contribution in [2.24, 2.45) is 0 Å². The van der Waals surface area contributed by atoms with Gasteiger partial charge in [-0.05, 0) is 48.5 Å². The number of benzene rings is 3. The average molecular weight is 443 g/mol. The largest absolute Gasteiger partial charge is 0.456 e. The van der Waals surface area contributed by atoms with Crippen molar-refractivity contribution in [3.8, 4) is 11.5 Å². The Morgan fingerprint density at radius 2 is 1.63 bits per heavy atom. The van der Waals surface area contributed by atoms with Crippen LogP contribution < -0.4 is 10.1 Å². The van der Waals surface area contributed by atoms with Gasteiger partial charge in [-0.1, -0.05) is 35.9 Å². The summed E-state index contributed by atoms with van der Waals surface area (Å²) in [5.74, 6) is -0.356. The van der Waals surface area contributed by atoms with Gasteiger partial charge in [0.05, 0.1) is 10.6 Å². The maximum atomic E-state index is 12.5. The lowest BCUT2D eigenvalue weighted by Crippen LogP contribution is -2.37. The molecule has 0 aromatic heterocycles. The van der Waals surface area contributed by atoms with Gasteiger partial charge in [0, 0.05) is 5.69 Å². The molecule has 1 aliphatic rings. The van der Waals surface area contributed by atoms with Crippen molar-refractivity contribution in [2.45, 2.75) is 4.90 Å². The molecule has 0 fully saturated rings. The third-order valence-electron chi connectivity index (χ3n) is 4.40. The van der Waals surface area contributed by atoms with Gasteiger partial charge in [-0.2, -0.15) is 0 Å². The zero-order valence-electron chi connectivity index (χ0n) is 15.4. The van der Waals surface area contributed by atoms with E-state index in [4.69, 9.17) is 16.3 Å². The number of nitrogens with one attached hydrogen (secondary N) is 1. The SMILES string of the molecule is O=C(CN1C(=O)c2ccccc2S1(=O)=O)Nc1ccc(Oc2ccccc2Cl)cc1. The Hall–Kier alpha value is -3.36. The molecule has 0 aliphatic carbocycles. The van der Waals surface area contributed by atoms with Crippen LogP contribution in [0.15, 0.2) is 77.7 Å². The predicted molar refractivity (Wildman–Crippen MR) is 111 cm³/mol. The van der Waals surface area contributed by atoms with Crippen LogP contribution in [0, 0.1) is 0 Å². The second kappa shape index (κ2) is 7.81. The van der Waals surface area contributed by atoms with Crippen molar-refractivity contribution in [3.63, 3.8) is 0 Å². The van der Waals surface area contributed by atoms with Gasteiger partial charge in [0.15, 0.2) is 0 Å². The Bertz CT molecular complexity index is 1240. The lowest BCUT2D eigenvalue weighted by atomic mass is 10.2. The molecule has 3 aromatic carbocycles. The summed E-state index contributed by atoms with van der Waals surface area (Å²) in [5.41, 5.74) is 0.486. The number of hydrogen-bond acceptors (Lipinski definition) is 5. The van der Waals surface area contributed by atoms with Crippen LogP contribution in [0.4, 0.5) is 5.69 Å². The molecule has 0 bridgehead atoms. The zero-order chi connectivity index (χ0) is 21.3. The van der Waals surface area contributed by atoms with Crippen molar-refractivity contribution in [2.75, 3.05) is 11.9 Å². The van der Waals surface area contributed by atoms with Gasteiger partial charge in [0.2, 0.25) is 5.91 Å². The maximum absolute atomic E-state index is 12.5. The van der Waals surface area contributed by atoms with Crippen LogP contribution in [-0.2, 0) is 14.8 Å². The molecule has 0 radical (unpaired) electrons. The molecule has 30 heavy (non-hydrogen) atoms. The molecule has 1 heterocycles. The van der Waals surface area contributed by atoms with Crippen molar-refractivity contribution in [1.29, 1.82) is 0 Å². The fraction of sp³-hybridized carbons (Fsp3) is 0.0476. The molecule has 9 heteroatoms. The monoisotopic (exact) mass is 442 g/mol. The Balaban J connectivity index is 1.43. The highest BCUT2D eigenvalue weighted by Crippen LogP contribution is 2.31. The predicted octanol–water partition coefficient (Wildman–Crippen LogP) is 3.92. The van der Waals surface area contributed by atoms with Crippen LogP contribution in [0.2, 0.25) is 5.02 Å². The maximum Gasteiger partial charge on any atom is 0.269 e. The molecule has 0 unspecified atom stereocenters. The number of para-hydroxylation sites is 1. The molecular formula is C21H15ClN2O5S. The van der Waals surface area contributed by atoms with Gasteiger partial charge >= 0.3 is 0 Å². The first-order valence-electron chi connectivity index (χ1n) is 8.84. The van der Waals surface area contributed by atoms with Gasteiger partial charge < -0.3 is 10.1 Å². The van der Waals surface area contributed by atoms with Gasteiger partial charge in [-0.15, -0.1) is 0 Å². The van der Waals surface area contributed by atoms with Gasteiger partial charge in [0.25, 0.3) is 15.9 Å². The van der Waals surface area contributed by atoms with Crippen LogP contribution >= 0.6 is 11.6 Å². The molecule has 2 amide bonds. The number of nitrogens with zero attached hydrogens (tertiary/aromatic N) is 1. The zero-order valence-corrected chi connectivity index (χ0v) is 17.0. The number of fused-ring (bicyclic) bond motifs is 1. The Morgan fingerprint density at radius 1 is 0.967 bits per heavy atom. The second-order valence-electron chi connectivity index (χ2n) is 6.42. The number of amides is 2. The highest BCUT2D eigenvalue weighted by Gasteiger charge is 2.41. The van der Waals surface area contributed by atoms with Crippen molar-refractivity contribution in [3.05, 3.63) is 83.4 Å². The van der Waals surface area contributed by atoms with Crippen LogP contribution in [0.1, 0.15) is 10.4 Å². The molecule has 152 valence electrons. The van der Waals surface area contributed by atoms with E-state index in [0.29, 0.717) is 26.5 Å². The first kappa shape index (κ1) is 19.9. The molecule has 1 aliphatic heterocycles. The number of carbonyl (C=O) groups is 2. The van der Waals surface area contributed by atoms with Crippen molar-refractivity contribution >= 4 is 39.1 Å². The summed E-state index contributed by atoms with van der Waals surface area (Å²) in [6.07, 6.45) is 0. The molecule has 3 aromatic rings. The minimum atomic E-state index is -4.04. The van der Waals surface area contributed by atoms with E-state index in [1.807, 2.05) is 0 Å². The molecule has 4 rings (SSSR count). The quantitative estimate of drug-likeness (QED) is 0.646. The summed E-state index contributed by atoms with van der Waals surface area (Å²) in [5, 5.41) is 3.04. The van der Waals surface area contributed by atoms with E-state index in [-0.39, 0.29) is 10.5 Å². The normalized spacial score (nSPS) is 14.3. The lowest BCUT2D eigenvalue weighted by molar-refractivity contribution is -0.116. The summed E-state index contributed by atoms with van der Waals surface area (Å²) < 4.78 is 31.3. The number of carbonyl (C=O) groups excluding carboxylic acids is 2. The summed E-state index contributed by atoms with van der Waals surface area (Å²) in [4.78, 5) is 24.6. The lowest BCUT2D eigenvalue weighted by Gasteiger charge is -2.15. The van der Waals surface area contributed by atoms with E-state index in [0.717, 1.165) is 0 Å². The molecule has 7 nitrogen and oxygen atoms in total. The molecule has 0 spiro atoms. The summed E-state index contributed by atoms with van der Waals surface area (Å²) in [6, 6.07) is 19.3. The molecule has 0 atom stereocenters. The van der Waals surface area contributed by atoms with Gasteiger partial charge in [0.1, 0.15) is 22.9 Å². The summed E-state index contributed by atoms with van der Waals surface area (Å²) in [7, 11) is -4.04. The Morgan fingerprint density at radius 3 is 2.33 bits per heavy atom. The smallest absolute Gasteiger partial charge is 0.269 e. The summed E-state index contributed by atoms with van der Waals surface area (Å²) in [6.45, 7) is -0.617. The first-order chi connectivity index (χ1) is 14.4. The fourth-order valence-corrected chi connectivity index (χ4v) is 4.68. The van der Waals surface area contributed by atoms with Gasteiger partial charge in [-0.25, -0.2) is 12.7 Å². The third-order valence-corrected chi connectivity index (χ3v) is 6.50. The number of hydrogen-bond donors (Lipinski definition) is 1. The Kier molecular flexibility index (Phi) is 5.19. The van der Waals surface area contributed by atoms with Crippen molar-refractivity contribution < 1.29 is 22.7 Å². The van der Waals surface area contributed by atoms with Crippen LogP contribution in [0.3, 0.4) is 0 Å². The number of anilines is 1. The van der Waals surface area contributed by atoms with E-state index < -0.39 is 28.4 Å². The minimum absolute atomic E-state index is 0.0615. The molecule has 0 saturated heterocycles. The number of sulfonamides is 1. The van der Waals surface area contributed by atoms with E-state index in [1.54, 1.807) is 54.6 Å². The van der Waals surface area contributed by atoms with Crippen LogP contribution in [0.5, 0.6) is 11.5 Å². The highest BCUT2D eigenvalue weighted by molar-refractivity contribution is 7.90. The van der Waals surface area contributed by atoms with Crippen LogP contribution in [-0.4, -0.2) is 31.1 Å². The second-order valence-corrected chi connectivity index (χ2v) is 8.66. The molecular weight excluding hydrogens is 428 g/mol. The summed E-state index contributed by atoms with van der Waals surface area (Å²) >= 11 is 6.06. The number of halogens is 1. The average Bonchev–Trinajstić information content (AvgIpc) is 2.92. The van der Waals surface area contributed by atoms with Crippen LogP contribution in [0.25, 0.3) is 0 Å². The molecule has 1 N–H and O–H groups in total. The van der Waals surface area contributed by atoms with E-state index in [1.165, 1.54) is 18.2 Å². The topological polar surface area (TPSA) is 92.8 Å². The standard InChI is InChI=1S/C21H15ClN2O5S/c22-17-6-2-3-7-18(17)29-15-11-9-14(10-12-15)23-20(25)13-24-21(26)16-5-1-4-8-19(16)30(24,27)28/h1-12H,13H2,(H,23,25). The number of ether oxygens (including phenoxy) is 1. The number of rotatable bonds is 5. The Labute approximate surface area is 177 Å². The third kappa shape index (κ3) is 3.74.